The number of rotatable bonds is 21. The summed E-state index contributed by atoms with van der Waals surface area (Å²) in [4.78, 5) is 0. The van der Waals surface area contributed by atoms with Crippen LogP contribution in [-0.2, 0) is 0 Å². The van der Waals surface area contributed by atoms with Crippen LogP contribution in [0.2, 0.25) is 0 Å². The Morgan fingerprint density at radius 1 is 0.607 bits per heavy atom. The smallest absolute Gasteiger partial charge is 0.0281 e. The van der Waals surface area contributed by atoms with Crippen molar-refractivity contribution in [2.24, 2.45) is 0 Å². The van der Waals surface area contributed by atoms with Gasteiger partial charge in [0.25, 0.3) is 0 Å². The van der Waals surface area contributed by atoms with Crippen molar-refractivity contribution in [3.63, 3.8) is 0 Å². The molecule has 170 valence electrons. The first-order valence-corrected chi connectivity index (χ1v) is 12.9. The van der Waals surface area contributed by atoms with E-state index in [1.807, 2.05) is 7.05 Å². The Labute approximate surface area is 195 Å². The fourth-order valence-electron chi connectivity index (χ4n) is 2.59. The van der Waals surface area contributed by atoms with Crippen LogP contribution in [0, 0.1) is 0 Å². The summed E-state index contributed by atoms with van der Waals surface area (Å²) in [6.07, 6.45) is 1.09. The fraction of sp³-hybridized carbons (Fsp3) is 1.00. The zero-order valence-electron chi connectivity index (χ0n) is 17.6. The minimum Gasteiger partial charge on any atom is -0.315 e. The van der Waals surface area contributed by atoms with E-state index in [0.29, 0.717) is 24.2 Å². The van der Waals surface area contributed by atoms with Crippen molar-refractivity contribution in [3.8, 4) is 0 Å². The molecule has 0 heterocycles. The summed E-state index contributed by atoms with van der Waals surface area (Å²) in [5, 5.41) is 20.8. The molecule has 0 saturated heterocycles. The predicted molar refractivity (Wildman–Crippen MR) is 140 cm³/mol. The third-order valence-electron chi connectivity index (χ3n) is 4.59. The van der Waals surface area contributed by atoms with Crippen LogP contribution in [0.5, 0.6) is 0 Å². The molecule has 0 aliphatic heterocycles. The van der Waals surface area contributed by atoms with Gasteiger partial charge in [-0.1, -0.05) is 6.92 Å². The Bertz CT molecular complexity index is 326. The van der Waals surface area contributed by atoms with E-state index in [9.17, 15) is 0 Å². The van der Waals surface area contributed by atoms with Gasteiger partial charge in [-0.15, -0.1) is 0 Å². The molecule has 10 heteroatoms. The highest BCUT2D eigenvalue weighted by atomic mass is 32.1. The molecule has 0 unspecified atom stereocenters. The molecule has 6 nitrogen and oxygen atoms in total. The van der Waals surface area contributed by atoms with Gasteiger partial charge in [0.05, 0.1) is 0 Å². The number of hydrogen-bond acceptors (Lipinski definition) is 10. The molecule has 28 heavy (non-hydrogen) atoms. The topological polar surface area (TPSA) is 72.2 Å². The largest absolute Gasteiger partial charge is 0.315 e. The number of likely N-dealkylation sites (N-methyl/N-ethyl adjacent to an activating group) is 2. The Morgan fingerprint density at radius 2 is 1.11 bits per heavy atom. The van der Waals surface area contributed by atoms with Gasteiger partial charge < -0.3 is 31.9 Å². The molecule has 0 bridgehead atoms. The lowest BCUT2D eigenvalue weighted by atomic mass is 10.2. The van der Waals surface area contributed by atoms with Gasteiger partial charge in [0, 0.05) is 73.4 Å². The van der Waals surface area contributed by atoms with Crippen molar-refractivity contribution in [3.05, 3.63) is 0 Å². The van der Waals surface area contributed by atoms with Crippen molar-refractivity contribution in [2.45, 2.75) is 37.5 Å². The molecule has 0 radical (unpaired) electrons. The zero-order valence-corrected chi connectivity index (χ0v) is 21.2. The van der Waals surface area contributed by atoms with E-state index in [4.69, 9.17) is 0 Å². The standard InChI is InChI=1S/C18H44N6S4/c1-3-20-7-16(12-26)24-10-18(14-28)22-6-4-5-21-8-17(13-27)23-9-15(11-25)19-2/h15-28H,3-14H2,1-2H3/t15-,16-,17-,18-/m1/s1. The minimum atomic E-state index is 0.372. The normalized spacial score (nSPS) is 16.1. The van der Waals surface area contributed by atoms with Crippen molar-refractivity contribution in [2.75, 3.05) is 75.9 Å². The van der Waals surface area contributed by atoms with Gasteiger partial charge in [0.1, 0.15) is 0 Å². The van der Waals surface area contributed by atoms with Gasteiger partial charge in [0.2, 0.25) is 0 Å². The van der Waals surface area contributed by atoms with E-state index < -0.39 is 0 Å². The molecule has 0 aliphatic carbocycles. The first-order chi connectivity index (χ1) is 13.6. The third-order valence-corrected chi connectivity index (χ3v) is 6.35. The second-order valence-electron chi connectivity index (χ2n) is 6.94. The highest BCUT2D eigenvalue weighted by Gasteiger charge is 2.11. The lowest BCUT2D eigenvalue weighted by molar-refractivity contribution is 0.442. The first kappa shape index (κ1) is 29.2. The van der Waals surface area contributed by atoms with E-state index in [1.54, 1.807) is 0 Å². The van der Waals surface area contributed by atoms with Crippen LogP contribution in [0.25, 0.3) is 0 Å². The highest BCUT2D eigenvalue weighted by Crippen LogP contribution is 1.93. The van der Waals surface area contributed by atoms with Crippen LogP contribution < -0.4 is 31.9 Å². The molecule has 0 aromatic rings. The lowest BCUT2D eigenvalue weighted by Gasteiger charge is -2.23. The molecule has 0 spiro atoms. The van der Waals surface area contributed by atoms with Crippen LogP contribution >= 0.6 is 50.5 Å². The number of nitrogens with one attached hydrogen (secondary N) is 6. The monoisotopic (exact) mass is 472 g/mol. The van der Waals surface area contributed by atoms with Gasteiger partial charge in [-0.25, -0.2) is 0 Å². The number of hydrogen-bond donors (Lipinski definition) is 10. The second kappa shape index (κ2) is 21.4. The Kier molecular flexibility index (Phi) is 22.3. The van der Waals surface area contributed by atoms with E-state index in [-0.39, 0.29) is 0 Å². The minimum absolute atomic E-state index is 0.372. The molecule has 0 saturated carbocycles. The quantitative estimate of drug-likeness (QED) is 0.0840. The summed E-state index contributed by atoms with van der Waals surface area (Å²) in [6, 6.07) is 1.53. The highest BCUT2D eigenvalue weighted by molar-refractivity contribution is 7.80. The summed E-state index contributed by atoms with van der Waals surface area (Å²) in [6.45, 7) is 8.79. The van der Waals surface area contributed by atoms with E-state index in [2.05, 4.69) is 89.3 Å². The second-order valence-corrected chi connectivity index (χ2v) is 8.40. The van der Waals surface area contributed by atoms with Gasteiger partial charge in [-0.2, -0.15) is 50.5 Å². The van der Waals surface area contributed by atoms with Crippen molar-refractivity contribution in [1.29, 1.82) is 0 Å². The fourth-order valence-corrected chi connectivity index (χ4v) is 3.68. The molecule has 0 rings (SSSR count). The molecule has 0 aromatic carbocycles. The number of thiol groups is 4. The molecule has 0 amide bonds. The van der Waals surface area contributed by atoms with Crippen LogP contribution in [0.4, 0.5) is 0 Å². The molecular formula is C18H44N6S4. The average molecular weight is 473 g/mol. The van der Waals surface area contributed by atoms with Crippen LogP contribution in [0.1, 0.15) is 13.3 Å². The van der Waals surface area contributed by atoms with E-state index in [0.717, 1.165) is 75.2 Å². The molecule has 6 N–H and O–H groups in total. The van der Waals surface area contributed by atoms with E-state index >= 15 is 0 Å². The maximum absolute atomic E-state index is 4.48. The third kappa shape index (κ3) is 15.9. The summed E-state index contributed by atoms with van der Waals surface area (Å²) in [5.74, 6) is 3.30. The summed E-state index contributed by atoms with van der Waals surface area (Å²) < 4.78 is 0. The summed E-state index contributed by atoms with van der Waals surface area (Å²) >= 11 is 17.7. The Balaban J connectivity index is 3.82. The maximum atomic E-state index is 4.48. The van der Waals surface area contributed by atoms with Crippen LogP contribution in [-0.4, -0.2) is 100 Å². The van der Waals surface area contributed by atoms with Gasteiger partial charge in [-0.05, 0) is 33.1 Å². The van der Waals surface area contributed by atoms with E-state index in [1.165, 1.54) is 0 Å². The molecule has 0 aromatic heterocycles. The Hall–Kier alpha value is 1.16. The van der Waals surface area contributed by atoms with Crippen molar-refractivity contribution < 1.29 is 0 Å². The van der Waals surface area contributed by atoms with Gasteiger partial charge >= 0.3 is 0 Å². The van der Waals surface area contributed by atoms with Crippen LogP contribution in [0.15, 0.2) is 0 Å². The maximum Gasteiger partial charge on any atom is 0.0281 e. The summed E-state index contributed by atoms with van der Waals surface area (Å²) in [7, 11) is 1.97. The SMILES string of the molecule is CCNC[C@H](CS)NC[C@H](CS)NCCCNC[C@H](CS)NC[C@H](CS)NC. The van der Waals surface area contributed by atoms with Crippen molar-refractivity contribution in [1.82, 2.24) is 31.9 Å². The molecule has 0 aliphatic rings. The lowest BCUT2D eigenvalue weighted by Crippen LogP contribution is -2.48. The van der Waals surface area contributed by atoms with Crippen molar-refractivity contribution >= 4 is 50.5 Å². The molecular weight excluding hydrogens is 429 g/mol. The first-order valence-electron chi connectivity index (χ1n) is 10.4. The van der Waals surface area contributed by atoms with Crippen LogP contribution in [0.3, 0.4) is 0 Å². The Morgan fingerprint density at radius 3 is 1.61 bits per heavy atom. The van der Waals surface area contributed by atoms with Gasteiger partial charge in [-0.3, -0.25) is 0 Å². The summed E-state index contributed by atoms with van der Waals surface area (Å²) in [5.41, 5.74) is 0. The average Bonchev–Trinajstić information content (AvgIpc) is 2.73. The molecule has 0 fully saturated rings. The predicted octanol–water partition coefficient (Wildman–Crippen LogP) is -0.243. The zero-order chi connectivity index (χ0) is 21.0. The van der Waals surface area contributed by atoms with Gasteiger partial charge in [0.15, 0.2) is 0 Å². The molecule has 4 atom stereocenters.